The van der Waals surface area contributed by atoms with Crippen LogP contribution in [0.25, 0.3) is 10.8 Å². The minimum absolute atomic E-state index is 0.0240. The van der Waals surface area contributed by atoms with Crippen molar-refractivity contribution >= 4 is 44.6 Å². The van der Waals surface area contributed by atoms with E-state index in [0.717, 1.165) is 36.0 Å². The number of hydrogen-bond acceptors (Lipinski definition) is 9. The lowest BCUT2D eigenvalue weighted by Gasteiger charge is -2.32. The van der Waals surface area contributed by atoms with E-state index in [1.54, 1.807) is 13.1 Å². The molecular formula is C37H47N5O9S. The zero-order valence-electron chi connectivity index (χ0n) is 29.7. The van der Waals surface area contributed by atoms with Crippen molar-refractivity contribution in [3.05, 3.63) is 42.1 Å². The van der Waals surface area contributed by atoms with Crippen LogP contribution in [-0.4, -0.2) is 88.8 Å². The van der Waals surface area contributed by atoms with Crippen LogP contribution in [-0.2, 0) is 30.8 Å². The fourth-order valence-corrected chi connectivity index (χ4v) is 9.34. The van der Waals surface area contributed by atoms with Crippen molar-refractivity contribution in [2.75, 3.05) is 13.2 Å². The molecule has 2 saturated carbocycles. The van der Waals surface area contributed by atoms with E-state index in [-0.39, 0.29) is 25.3 Å². The second-order valence-electron chi connectivity index (χ2n) is 15.6. The van der Waals surface area contributed by atoms with Gasteiger partial charge in [0.25, 0.3) is 5.91 Å². The van der Waals surface area contributed by atoms with Gasteiger partial charge in [-0.1, -0.05) is 32.1 Å². The number of nitrogens with one attached hydrogen (secondary N) is 3. The molecule has 280 valence electrons. The molecule has 52 heavy (non-hydrogen) atoms. The van der Waals surface area contributed by atoms with E-state index in [1.165, 1.54) is 4.90 Å². The highest BCUT2D eigenvalue weighted by Gasteiger charge is 2.63. The van der Waals surface area contributed by atoms with Crippen LogP contribution in [0.3, 0.4) is 0 Å². The van der Waals surface area contributed by atoms with Gasteiger partial charge in [0.05, 0.1) is 17.9 Å². The molecule has 0 unspecified atom stereocenters. The molecule has 2 aliphatic carbocycles. The smallest absolute Gasteiger partial charge is 0.405 e. The highest BCUT2D eigenvalue weighted by molar-refractivity contribution is 7.91. The van der Waals surface area contributed by atoms with Gasteiger partial charge in [-0.05, 0) is 87.8 Å². The maximum Gasteiger partial charge on any atom is 0.405 e. The number of carbonyl (C=O) groups is 4. The van der Waals surface area contributed by atoms with E-state index >= 15 is 0 Å². The minimum atomic E-state index is -4.00. The molecule has 1 aromatic heterocycles. The molecule has 3 fully saturated rings. The van der Waals surface area contributed by atoms with Crippen LogP contribution < -0.4 is 24.8 Å². The number of fused-ring (bicyclic) bond motifs is 5. The van der Waals surface area contributed by atoms with E-state index in [2.05, 4.69) is 20.3 Å². The first kappa shape index (κ1) is 36.0. The molecule has 14 nitrogen and oxygen atoms in total. The Kier molecular flexibility index (Phi) is 9.37. The standard InChI is InChI=1S/C37H47N5O9S/c1-21-7-4-5-9-24-19-37(24,34(45)41-52(48,49)36(3)13-14-36)40-31(43)28-18-25(20-42(28)33(44)29(22(2)17-21)39-35(46)47)51-32-27-11-10-23-8-6-16-50-30(23)26(27)12-15-38-32/h5,9-12,15,21-22,24-25,28-29,39H,4,6-8,13-14,16-20H2,1-3H3,(H,40,43)(H,41,45)(H,46,47)/t21-,22+,24+,25+,28-,29-,37+/m0/s1. The summed E-state index contributed by atoms with van der Waals surface area (Å²) in [4.78, 5) is 60.4. The highest BCUT2D eigenvalue weighted by atomic mass is 32.2. The Hall–Kier alpha value is -4.40. The predicted octanol–water partition coefficient (Wildman–Crippen LogP) is 3.43. The third-order valence-electron chi connectivity index (χ3n) is 11.6. The molecule has 0 bridgehead atoms. The summed E-state index contributed by atoms with van der Waals surface area (Å²) in [5.41, 5.74) is -0.441. The zero-order valence-corrected chi connectivity index (χ0v) is 30.5. The van der Waals surface area contributed by atoms with Crippen LogP contribution in [0.15, 0.2) is 36.5 Å². The number of allylic oxidation sites excluding steroid dienone is 1. The number of rotatable bonds is 6. The number of benzene rings is 1. The van der Waals surface area contributed by atoms with Crippen molar-refractivity contribution in [1.29, 1.82) is 0 Å². The van der Waals surface area contributed by atoms with E-state index in [0.29, 0.717) is 43.6 Å². The molecule has 0 spiro atoms. The average molecular weight is 738 g/mol. The number of carbonyl (C=O) groups excluding carboxylic acids is 3. The summed E-state index contributed by atoms with van der Waals surface area (Å²) in [5, 5.41) is 16.6. The Morgan fingerprint density at radius 2 is 1.92 bits per heavy atom. The largest absolute Gasteiger partial charge is 0.493 e. The van der Waals surface area contributed by atoms with E-state index in [9.17, 15) is 32.7 Å². The summed E-state index contributed by atoms with van der Waals surface area (Å²) in [6, 6.07) is 3.47. The summed E-state index contributed by atoms with van der Waals surface area (Å²) in [7, 11) is -4.00. The maximum absolute atomic E-state index is 14.4. The quantitative estimate of drug-likeness (QED) is 0.319. The predicted molar refractivity (Wildman–Crippen MR) is 190 cm³/mol. The number of ether oxygens (including phenoxy) is 2. The van der Waals surface area contributed by atoms with Crippen LogP contribution >= 0.6 is 0 Å². The van der Waals surface area contributed by atoms with Gasteiger partial charge in [-0.3, -0.25) is 19.1 Å². The van der Waals surface area contributed by atoms with Gasteiger partial charge < -0.3 is 30.1 Å². The highest BCUT2D eigenvalue weighted by Crippen LogP contribution is 2.48. The normalized spacial score (nSPS) is 31.4. The van der Waals surface area contributed by atoms with Crippen LogP contribution in [0.2, 0.25) is 0 Å². The van der Waals surface area contributed by atoms with Crippen molar-refractivity contribution in [2.45, 2.75) is 107 Å². The molecule has 4 heterocycles. The van der Waals surface area contributed by atoms with Crippen molar-refractivity contribution in [1.82, 2.24) is 25.2 Å². The Labute approximate surface area is 303 Å². The first-order valence-electron chi connectivity index (χ1n) is 18.3. The summed E-state index contributed by atoms with van der Waals surface area (Å²) in [6.07, 6.45) is 8.18. The second kappa shape index (κ2) is 13.5. The number of sulfonamides is 1. The summed E-state index contributed by atoms with van der Waals surface area (Å²) in [6.45, 7) is 5.99. The van der Waals surface area contributed by atoms with Gasteiger partial charge in [0.1, 0.15) is 29.5 Å². The fourth-order valence-electron chi connectivity index (χ4n) is 8.03. The molecule has 5 aliphatic rings. The Bertz CT molecular complexity index is 1930. The third-order valence-corrected chi connectivity index (χ3v) is 13.7. The zero-order chi connectivity index (χ0) is 37.0. The molecule has 4 amide bonds. The number of amides is 4. The van der Waals surface area contributed by atoms with E-state index in [1.807, 2.05) is 44.2 Å². The van der Waals surface area contributed by atoms with Crippen molar-refractivity contribution in [3.8, 4) is 11.6 Å². The van der Waals surface area contributed by atoms with Crippen LogP contribution in [0.1, 0.15) is 77.7 Å². The summed E-state index contributed by atoms with van der Waals surface area (Å²) < 4.78 is 39.9. The topological polar surface area (TPSA) is 193 Å². The molecule has 7 rings (SSSR count). The second-order valence-corrected chi connectivity index (χ2v) is 17.8. The molecule has 1 aromatic carbocycles. The lowest BCUT2D eigenvalue weighted by atomic mass is 9.88. The molecule has 4 N–H and O–H groups in total. The van der Waals surface area contributed by atoms with Crippen molar-refractivity contribution in [2.24, 2.45) is 17.8 Å². The van der Waals surface area contributed by atoms with Crippen LogP contribution in [0, 0.1) is 17.8 Å². The molecule has 7 atom stereocenters. The van der Waals surface area contributed by atoms with Gasteiger partial charge >= 0.3 is 6.09 Å². The van der Waals surface area contributed by atoms with Crippen LogP contribution in [0.5, 0.6) is 11.6 Å². The van der Waals surface area contributed by atoms with Gasteiger partial charge in [0, 0.05) is 29.3 Å². The number of carboxylic acid groups (broad SMARTS) is 1. The van der Waals surface area contributed by atoms with Crippen LogP contribution in [0.4, 0.5) is 4.79 Å². The summed E-state index contributed by atoms with van der Waals surface area (Å²) >= 11 is 0. The number of aryl methyl sites for hydroxylation is 1. The molecule has 3 aliphatic heterocycles. The van der Waals surface area contributed by atoms with E-state index in [4.69, 9.17) is 9.47 Å². The Morgan fingerprint density at radius 1 is 1.13 bits per heavy atom. The minimum Gasteiger partial charge on any atom is -0.493 e. The molecule has 15 heteroatoms. The third kappa shape index (κ3) is 6.79. The first-order valence-corrected chi connectivity index (χ1v) is 19.7. The monoisotopic (exact) mass is 737 g/mol. The first-order chi connectivity index (χ1) is 24.7. The SMILES string of the molecule is C[C@H]1CCC=C[C@@H]2C[C@@]2(C(=O)NS(=O)(=O)C2(C)CC2)NC(=O)[C@@H]2C[C@@H](Oc3nccc4c5c(ccc34)CCCO5)CN2C(=O)[C@@H](NC(=O)O)[C@H](C)C1. The van der Waals surface area contributed by atoms with Crippen molar-refractivity contribution in [3.63, 3.8) is 0 Å². The maximum atomic E-state index is 14.4. The Morgan fingerprint density at radius 3 is 2.67 bits per heavy atom. The number of hydrogen-bond donors (Lipinski definition) is 4. The number of pyridine rings is 1. The van der Waals surface area contributed by atoms with E-state index < -0.39 is 74.1 Å². The average Bonchev–Trinajstić information content (AvgIpc) is 3.98. The number of nitrogens with zero attached hydrogens (tertiary/aromatic N) is 2. The fraction of sp³-hybridized carbons (Fsp3) is 0.595. The van der Waals surface area contributed by atoms with Gasteiger partial charge in [0.15, 0.2) is 0 Å². The van der Waals surface area contributed by atoms with Gasteiger partial charge in [-0.25, -0.2) is 18.2 Å². The number of aromatic nitrogens is 1. The van der Waals surface area contributed by atoms with Gasteiger partial charge in [-0.2, -0.15) is 0 Å². The lowest BCUT2D eigenvalue weighted by Crippen LogP contribution is -2.59. The molecule has 2 aromatic rings. The molecule has 1 saturated heterocycles. The Balaban J connectivity index is 1.21. The van der Waals surface area contributed by atoms with Crippen molar-refractivity contribution < 1.29 is 42.2 Å². The molecule has 0 radical (unpaired) electrons. The summed E-state index contributed by atoms with van der Waals surface area (Å²) in [5.74, 6) is -1.68. The van der Waals surface area contributed by atoms with Gasteiger partial charge in [0.2, 0.25) is 27.7 Å². The molecular weight excluding hydrogens is 691 g/mol. The lowest BCUT2D eigenvalue weighted by molar-refractivity contribution is -0.142. The van der Waals surface area contributed by atoms with Gasteiger partial charge in [-0.15, -0.1) is 0 Å².